The van der Waals surface area contributed by atoms with Crippen LogP contribution in [-0.4, -0.2) is 83.9 Å². The Morgan fingerprint density at radius 2 is 1.38 bits per heavy atom. The van der Waals surface area contributed by atoms with E-state index in [4.69, 9.17) is 9.47 Å². The minimum absolute atomic E-state index is 0.0830. The van der Waals surface area contributed by atoms with E-state index in [9.17, 15) is 19.2 Å². The number of rotatable bonds is 15. The third kappa shape index (κ3) is 8.15. The number of likely N-dealkylation sites (tertiary alicyclic amines) is 2. The van der Waals surface area contributed by atoms with Crippen LogP contribution in [0.4, 0.5) is 0 Å². The molecular formula is C23H38N2O6S. The Hall–Kier alpha value is -1.45. The summed E-state index contributed by atoms with van der Waals surface area (Å²) in [6.45, 7) is 10.1. The van der Waals surface area contributed by atoms with Gasteiger partial charge in [0.2, 0.25) is 23.6 Å². The van der Waals surface area contributed by atoms with Crippen LogP contribution in [0.15, 0.2) is 0 Å². The number of carbonyl (C=O) groups excluding carboxylic acids is 4. The molecule has 2 unspecified atom stereocenters. The van der Waals surface area contributed by atoms with Crippen molar-refractivity contribution in [3.8, 4) is 0 Å². The average molecular weight is 471 g/mol. The van der Waals surface area contributed by atoms with Crippen molar-refractivity contribution < 1.29 is 28.7 Å². The Kier molecular flexibility index (Phi) is 11.1. The molecule has 8 nitrogen and oxygen atoms in total. The first kappa shape index (κ1) is 26.8. The molecule has 0 spiro atoms. The first-order valence-corrected chi connectivity index (χ1v) is 12.7. The SMILES string of the molecule is CC(C)CCC1CC(=O)N(CCOCCOCCN2C(=O)CC(SCC(C)C)C2=O)C1=O. The van der Waals surface area contributed by atoms with Crippen LogP contribution < -0.4 is 0 Å². The summed E-state index contributed by atoms with van der Waals surface area (Å²) in [5.41, 5.74) is 0. The highest BCUT2D eigenvalue weighted by molar-refractivity contribution is 8.00. The second kappa shape index (κ2) is 13.3. The Morgan fingerprint density at radius 3 is 1.94 bits per heavy atom. The Bertz CT molecular complexity index is 613. The highest BCUT2D eigenvalue weighted by Gasteiger charge is 2.39. The van der Waals surface area contributed by atoms with Gasteiger partial charge in [0.1, 0.15) is 0 Å². The van der Waals surface area contributed by atoms with Crippen LogP contribution in [0, 0.1) is 17.8 Å². The van der Waals surface area contributed by atoms with Crippen LogP contribution >= 0.6 is 11.8 Å². The van der Waals surface area contributed by atoms with Crippen LogP contribution in [0.5, 0.6) is 0 Å². The number of ether oxygens (including phenoxy) is 2. The van der Waals surface area contributed by atoms with Gasteiger partial charge in [-0.05, 0) is 24.0 Å². The number of hydrogen-bond acceptors (Lipinski definition) is 7. The first-order chi connectivity index (χ1) is 15.2. The van der Waals surface area contributed by atoms with Gasteiger partial charge in [0.15, 0.2) is 0 Å². The summed E-state index contributed by atoms with van der Waals surface area (Å²) in [7, 11) is 0. The summed E-state index contributed by atoms with van der Waals surface area (Å²) in [4.78, 5) is 51.5. The molecule has 0 N–H and O–H groups in total. The van der Waals surface area contributed by atoms with E-state index in [-0.39, 0.29) is 67.5 Å². The second-order valence-corrected chi connectivity index (χ2v) is 10.5. The molecular weight excluding hydrogens is 432 g/mol. The number of imide groups is 2. The molecule has 0 aromatic carbocycles. The molecule has 2 saturated heterocycles. The van der Waals surface area contributed by atoms with Crippen molar-refractivity contribution in [2.75, 3.05) is 45.3 Å². The maximum Gasteiger partial charge on any atom is 0.242 e. The van der Waals surface area contributed by atoms with E-state index >= 15 is 0 Å². The molecule has 0 aromatic rings. The van der Waals surface area contributed by atoms with Crippen molar-refractivity contribution >= 4 is 35.4 Å². The Morgan fingerprint density at radius 1 is 0.812 bits per heavy atom. The molecule has 0 aromatic heterocycles. The Labute approximate surface area is 195 Å². The van der Waals surface area contributed by atoms with Gasteiger partial charge in [0.05, 0.1) is 44.8 Å². The predicted octanol–water partition coefficient (Wildman–Crippen LogP) is 2.35. The molecule has 182 valence electrons. The fourth-order valence-electron chi connectivity index (χ4n) is 3.71. The highest BCUT2D eigenvalue weighted by atomic mass is 32.2. The van der Waals surface area contributed by atoms with Crippen molar-refractivity contribution in [2.24, 2.45) is 17.8 Å². The van der Waals surface area contributed by atoms with Crippen LogP contribution in [-0.2, 0) is 28.7 Å². The quantitative estimate of drug-likeness (QED) is 0.268. The zero-order valence-corrected chi connectivity index (χ0v) is 20.7. The highest BCUT2D eigenvalue weighted by Crippen LogP contribution is 2.27. The topological polar surface area (TPSA) is 93.2 Å². The largest absolute Gasteiger partial charge is 0.377 e. The molecule has 32 heavy (non-hydrogen) atoms. The van der Waals surface area contributed by atoms with E-state index < -0.39 is 0 Å². The second-order valence-electron chi connectivity index (χ2n) is 9.28. The number of nitrogens with zero attached hydrogens (tertiary/aromatic N) is 2. The van der Waals surface area contributed by atoms with Gasteiger partial charge in [-0.1, -0.05) is 34.1 Å². The molecule has 2 heterocycles. The number of thioether (sulfide) groups is 1. The van der Waals surface area contributed by atoms with Crippen LogP contribution in [0.3, 0.4) is 0 Å². The lowest BCUT2D eigenvalue weighted by Crippen LogP contribution is -2.35. The van der Waals surface area contributed by atoms with E-state index in [1.165, 1.54) is 9.80 Å². The molecule has 4 amide bonds. The number of carbonyl (C=O) groups is 4. The van der Waals surface area contributed by atoms with E-state index in [1.54, 1.807) is 11.8 Å². The van der Waals surface area contributed by atoms with Gasteiger partial charge >= 0.3 is 0 Å². The molecule has 2 aliphatic heterocycles. The summed E-state index contributed by atoms with van der Waals surface area (Å²) < 4.78 is 11.0. The summed E-state index contributed by atoms with van der Waals surface area (Å²) in [6.07, 6.45) is 2.27. The molecule has 2 aliphatic rings. The van der Waals surface area contributed by atoms with E-state index in [1.807, 2.05) is 0 Å². The van der Waals surface area contributed by atoms with Crippen molar-refractivity contribution in [1.29, 1.82) is 0 Å². The van der Waals surface area contributed by atoms with E-state index in [2.05, 4.69) is 27.7 Å². The molecule has 2 fully saturated rings. The summed E-state index contributed by atoms with van der Waals surface area (Å²) in [6, 6.07) is 0. The third-order valence-corrected chi connectivity index (χ3v) is 7.18. The van der Waals surface area contributed by atoms with Gasteiger partial charge < -0.3 is 9.47 Å². The molecule has 0 radical (unpaired) electrons. The lowest BCUT2D eigenvalue weighted by Gasteiger charge is -2.16. The smallest absolute Gasteiger partial charge is 0.242 e. The van der Waals surface area contributed by atoms with Gasteiger partial charge in [-0.2, -0.15) is 0 Å². The zero-order valence-electron chi connectivity index (χ0n) is 19.8. The lowest BCUT2D eigenvalue weighted by atomic mass is 9.97. The maximum atomic E-state index is 12.4. The standard InChI is InChI=1S/C23H38N2O6S/c1-16(2)5-6-18-13-20(26)24(22(18)28)7-9-30-11-12-31-10-8-25-21(27)14-19(23(25)29)32-15-17(3)4/h16-19H,5-15H2,1-4H3. The molecule has 0 saturated carbocycles. The zero-order chi connectivity index (χ0) is 23.7. The molecule has 0 aliphatic carbocycles. The normalized spacial score (nSPS) is 21.8. The average Bonchev–Trinajstić information content (AvgIpc) is 3.15. The Balaban J connectivity index is 1.55. The first-order valence-electron chi connectivity index (χ1n) is 11.7. The molecule has 2 atom stereocenters. The minimum atomic E-state index is -0.269. The van der Waals surface area contributed by atoms with Crippen LogP contribution in [0.1, 0.15) is 53.4 Å². The maximum absolute atomic E-state index is 12.4. The van der Waals surface area contributed by atoms with Crippen molar-refractivity contribution in [2.45, 2.75) is 58.6 Å². The van der Waals surface area contributed by atoms with Gasteiger partial charge in [-0.3, -0.25) is 29.0 Å². The van der Waals surface area contributed by atoms with Crippen LogP contribution in [0.2, 0.25) is 0 Å². The summed E-state index contributed by atoms with van der Waals surface area (Å²) >= 11 is 1.55. The monoisotopic (exact) mass is 470 g/mol. The fourth-order valence-corrected chi connectivity index (χ4v) is 4.85. The number of amides is 4. The molecule has 9 heteroatoms. The minimum Gasteiger partial charge on any atom is -0.377 e. The molecule has 2 rings (SSSR count). The third-order valence-electron chi connectivity index (χ3n) is 5.55. The van der Waals surface area contributed by atoms with Crippen LogP contribution in [0.25, 0.3) is 0 Å². The van der Waals surface area contributed by atoms with Gasteiger partial charge in [0, 0.05) is 18.8 Å². The van der Waals surface area contributed by atoms with Gasteiger partial charge in [-0.15, -0.1) is 11.8 Å². The van der Waals surface area contributed by atoms with Gasteiger partial charge in [0.25, 0.3) is 0 Å². The summed E-state index contributed by atoms with van der Waals surface area (Å²) in [5, 5.41) is -0.269. The van der Waals surface area contributed by atoms with Gasteiger partial charge in [-0.25, -0.2) is 0 Å². The fraction of sp³-hybridized carbons (Fsp3) is 0.826. The number of hydrogen-bond donors (Lipinski definition) is 0. The van der Waals surface area contributed by atoms with Crippen molar-refractivity contribution in [3.63, 3.8) is 0 Å². The predicted molar refractivity (Wildman–Crippen MR) is 123 cm³/mol. The van der Waals surface area contributed by atoms with Crippen molar-refractivity contribution in [1.82, 2.24) is 9.80 Å². The lowest BCUT2D eigenvalue weighted by molar-refractivity contribution is -0.141. The molecule has 0 bridgehead atoms. The van der Waals surface area contributed by atoms with E-state index in [0.717, 1.165) is 18.6 Å². The van der Waals surface area contributed by atoms with Crippen molar-refractivity contribution in [3.05, 3.63) is 0 Å². The summed E-state index contributed by atoms with van der Waals surface area (Å²) in [5.74, 6) is 1.21. The van der Waals surface area contributed by atoms with E-state index in [0.29, 0.717) is 31.5 Å².